The molecule has 0 heterocycles. The molecule has 3 atom stereocenters. The lowest BCUT2D eigenvalue weighted by atomic mass is 10.2. The summed E-state index contributed by atoms with van der Waals surface area (Å²) >= 11 is 0. The van der Waals surface area contributed by atoms with Crippen LogP contribution in [0.3, 0.4) is 0 Å². The standard InChI is InChI=1S/C21H42N3O7P/c1-7-10-13-19(22-16(4)25)29-32(28,30-20(14-11-8-2)23-17(5)26)31-21(15-12-9-3)24-18(6)27/h19-21H,7-15H2,1-6H3,(H,22,25)(H,23,26)(H,24,27). The van der Waals surface area contributed by atoms with Crippen LogP contribution in [0.4, 0.5) is 0 Å². The van der Waals surface area contributed by atoms with E-state index in [1.165, 1.54) is 20.8 Å². The SMILES string of the molecule is CCCCC(NC(C)=O)OP(=O)(OC(CCCC)NC(C)=O)OC(CCCC)NC(C)=O. The molecule has 0 rings (SSSR count). The summed E-state index contributed by atoms with van der Waals surface area (Å²) in [5, 5.41) is 7.85. The number of amides is 3. The first-order chi connectivity index (χ1) is 15.0. The van der Waals surface area contributed by atoms with Gasteiger partial charge < -0.3 is 16.0 Å². The average Bonchev–Trinajstić information content (AvgIpc) is 2.66. The highest BCUT2D eigenvalue weighted by atomic mass is 31.2. The minimum atomic E-state index is -4.32. The van der Waals surface area contributed by atoms with E-state index in [1.807, 2.05) is 20.8 Å². The van der Waals surface area contributed by atoms with Crippen LogP contribution >= 0.6 is 7.82 Å². The largest absolute Gasteiger partial charge is 0.480 e. The van der Waals surface area contributed by atoms with Crippen LogP contribution in [0.2, 0.25) is 0 Å². The fourth-order valence-electron chi connectivity index (χ4n) is 2.84. The van der Waals surface area contributed by atoms with E-state index in [9.17, 15) is 18.9 Å². The smallest absolute Gasteiger partial charge is 0.330 e. The molecule has 10 nitrogen and oxygen atoms in total. The van der Waals surface area contributed by atoms with Gasteiger partial charge in [0.2, 0.25) is 17.7 Å². The summed E-state index contributed by atoms with van der Waals surface area (Å²) in [7, 11) is -4.32. The normalized spacial score (nSPS) is 15.8. The highest BCUT2D eigenvalue weighted by molar-refractivity contribution is 7.48. The van der Waals surface area contributed by atoms with Crippen molar-refractivity contribution in [3.05, 3.63) is 0 Å². The van der Waals surface area contributed by atoms with Crippen LogP contribution in [0.25, 0.3) is 0 Å². The fourth-order valence-corrected chi connectivity index (χ4v) is 4.40. The van der Waals surface area contributed by atoms with Crippen molar-refractivity contribution >= 4 is 25.5 Å². The first-order valence-electron chi connectivity index (χ1n) is 11.5. The number of phosphoric ester groups is 1. The van der Waals surface area contributed by atoms with Gasteiger partial charge in [-0.05, 0) is 38.5 Å². The van der Waals surface area contributed by atoms with Gasteiger partial charge in [0, 0.05) is 20.8 Å². The van der Waals surface area contributed by atoms with Gasteiger partial charge in [0.05, 0.1) is 0 Å². The van der Waals surface area contributed by atoms with Crippen molar-refractivity contribution < 1.29 is 32.5 Å². The van der Waals surface area contributed by atoms with Gasteiger partial charge in [0.25, 0.3) is 0 Å². The van der Waals surface area contributed by atoms with Crippen LogP contribution in [0.1, 0.15) is 99.3 Å². The molecule has 0 bridgehead atoms. The van der Waals surface area contributed by atoms with E-state index in [0.717, 1.165) is 19.3 Å². The lowest BCUT2D eigenvalue weighted by Crippen LogP contribution is -2.40. The Morgan fingerprint density at radius 1 is 0.625 bits per heavy atom. The second kappa shape index (κ2) is 17.1. The first-order valence-corrected chi connectivity index (χ1v) is 13.0. The number of hydrogen-bond donors (Lipinski definition) is 3. The fraction of sp³-hybridized carbons (Fsp3) is 0.857. The quantitative estimate of drug-likeness (QED) is 0.199. The minimum absolute atomic E-state index is 0.355. The van der Waals surface area contributed by atoms with Gasteiger partial charge in [0.15, 0.2) is 0 Å². The molecular weight excluding hydrogens is 437 g/mol. The molecule has 0 saturated carbocycles. The van der Waals surface area contributed by atoms with Gasteiger partial charge in [-0.25, -0.2) is 4.57 Å². The predicted molar refractivity (Wildman–Crippen MR) is 122 cm³/mol. The summed E-state index contributed by atoms with van der Waals surface area (Å²) in [6.07, 6.45) is 3.09. The topological polar surface area (TPSA) is 132 Å². The number of unbranched alkanes of at least 4 members (excludes halogenated alkanes) is 3. The van der Waals surface area contributed by atoms with Crippen molar-refractivity contribution in [2.24, 2.45) is 0 Å². The molecule has 0 aromatic rings. The lowest BCUT2D eigenvalue weighted by Gasteiger charge is -2.30. The third-order valence-electron chi connectivity index (χ3n) is 4.32. The Morgan fingerprint density at radius 2 is 0.875 bits per heavy atom. The molecule has 11 heteroatoms. The van der Waals surface area contributed by atoms with Crippen LogP contribution < -0.4 is 16.0 Å². The Balaban J connectivity index is 5.83. The Kier molecular flexibility index (Phi) is 16.3. The minimum Gasteiger partial charge on any atom is -0.330 e. The van der Waals surface area contributed by atoms with Gasteiger partial charge in [-0.3, -0.25) is 28.0 Å². The van der Waals surface area contributed by atoms with Gasteiger partial charge >= 0.3 is 7.82 Å². The van der Waals surface area contributed by atoms with E-state index in [0.29, 0.717) is 38.5 Å². The van der Waals surface area contributed by atoms with E-state index in [4.69, 9.17) is 13.6 Å². The number of carbonyl (C=O) groups excluding carboxylic acids is 3. The Morgan fingerprint density at radius 3 is 1.06 bits per heavy atom. The van der Waals surface area contributed by atoms with Crippen LogP contribution in [0, 0.1) is 0 Å². The predicted octanol–water partition coefficient (Wildman–Crippen LogP) is 4.10. The molecule has 0 fully saturated rings. The Labute approximate surface area is 192 Å². The zero-order valence-corrected chi connectivity index (χ0v) is 21.3. The molecule has 188 valence electrons. The van der Waals surface area contributed by atoms with Crippen LogP contribution in [-0.2, 0) is 32.5 Å². The number of nitrogens with one attached hydrogen (secondary N) is 3. The lowest BCUT2D eigenvalue weighted by molar-refractivity contribution is -0.122. The van der Waals surface area contributed by atoms with Crippen molar-refractivity contribution in [3.63, 3.8) is 0 Å². The second-order valence-electron chi connectivity index (χ2n) is 7.76. The van der Waals surface area contributed by atoms with Crippen molar-refractivity contribution in [3.8, 4) is 0 Å². The van der Waals surface area contributed by atoms with Gasteiger partial charge in [-0.2, -0.15) is 0 Å². The van der Waals surface area contributed by atoms with E-state index in [-0.39, 0.29) is 17.7 Å². The molecule has 0 radical (unpaired) electrons. The molecule has 0 aromatic heterocycles. The molecular formula is C21H42N3O7P. The summed E-state index contributed by atoms with van der Waals surface area (Å²) < 4.78 is 30.9. The molecule has 0 aliphatic rings. The zero-order chi connectivity index (χ0) is 24.6. The second-order valence-corrected chi connectivity index (χ2v) is 9.28. The van der Waals surface area contributed by atoms with E-state index in [2.05, 4.69) is 16.0 Å². The molecule has 32 heavy (non-hydrogen) atoms. The summed E-state index contributed by atoms with van der Waals surface area (Å²) in [5.41, 5.74) is 0. The van der Waals surface area contributed by atoms with Gasteiger partial charge in [-0.1, -0.05) is 40.0 Å². The molecule has 0 aliphatic carbocycles. The van der Waals surface area contributed by atoms with Crippen LogP contribution in [0.5, 0.6) is 0 Å². The number of carbonyl (C=O) groups is 3. The monoisotopic (exact) mass is 479 g/mol. The summed E-state index contributed by atoms with van der Waals surface area (Å²) in [6.45, 7) is 9.93. The molecule has 3 unspecified atom stereocenters. The number of phosphoric acid groups is 1. The maximum Gasteiger partial charge on any atom is 0.480 e. The van der Waals surface area contributed by atoms with Crippen LogP contribution in [0.15, 0.2) is 0 Å². The molecule has 0 aliphatic heterocycles. The zero-order valence-electron chi connectivity index (χ0n) is 20.4. The third kappa shape index (κ3) is 15.3. The molecule has 3 amide bonds. The number of hydrogen-bond acceptors (Lipinski definition) is 7. The molecule has 0 aromatic carbocycles. The van der Waals surface area contributed by atoms with Crippen molar-refractivity contribution in [2.45, 2.75) is 118 Å². The van der Waals surface area contributed by atoms with Gasteiger partial charge in [-0.15, -0.1) is 0 Å². The van der Waals surface area contributed by atoms with Crippen LogP contribution in [-0.4, -0.2) is 36.4 Å². The van der Waals surface area contributed by atoms with E-state index < -0.39 is 26.5 Å². The first kappa shape index (κ1) is 30.5. The van der Waals surface area contributed by atoms with Crippen molar-refractivity contribution in [2.75, 3.05) is 0 Å². The Bertz CT molecular complexity index is 537. The average molecular weight is 480 g/mol. The van der Waals surface area contributed by atoms with Crippen molar-refractivity contribution in [1.29, 1.82) is 0 Å². The summed E-state index contributed by atoms with van der Waals surface area (Å²) in [4.78, 5) is 34.9. The van der Waals surface area contributed by atoms with E-state index >= 15 is 0 Å². The maximum atomic E-state index is 13.8. The molecule has 3 N–H and O–H groups in total. The maximum absolute atomic E-state index is 13.8. The third-order valence-corrected chi connectivity index (χ3v) is 5.86. The number of rotatable bonds is 18. The highest BCUT2D eigenvalue weighted by Crippen LogP contribution is 2.53. The van der Waals surface area contributed by atoms with Gasteiger partial charge in [0.1, 0.15) is 18.7 Å². The Hall–Kier alpha value is -1.48. The molecule has 0 spiro atoms. The van der Waals surface area contributed by atoms with Crippen molar-refractivity contribution in [1.82, 2.24) is 16.0 Å². The summed E-state index contributed by atoms with van der Waals surface area (Å²) in [6, 6.07) is 0. The highest BCUT2D eigenvalue weighted by Gasteiger charge is 2.37. The summed E-state index contributed by atoms with van der Waals surface area (Å²) in [5.74, 6) is -1.07. The van der Waals surface area contributed by atoms with E-state index in [1.54, 1.807) is 0 Å². The molecule has 0 saturated heterocycles.